The second-order valence-corrected chi connectivity index (χ2v) is 5.65. The van der Waals surface area contributed by atoms with Crippen LogP contribution in [0, 0.1) is 5.92 Å². The number of hydrogen-bond donors (Lipinski definition) is 1. The van der Waals surface area contributed by atoms with Gasteiger partial charge in [-0.15, -0.1) is 0 Å². The monoisotopic (exact) mass is 240 g/mol. The van der Waals surface area contributed by atoms with Gasteiger partial charge in [0.05, 0.1) is 18.3 Å². The van der Waals surface area contributed by atoms with Gasteiger partial charge in [0.15, 0.2) is 0 Å². The van der Waals surface area contributed by atoms with E-state index in [0.29, 0.717) is 19.1 Å². The van der Waals surface area contributed by atoms with E-state index in [-0.39, 0.29) is 5.60 Å². The molecule has 0 bridgehead atoms. The van der Waals surface area contributed by atoms with Gasteiger partial charge in [0.25, 0.3) is 0 Å². The molecule has 17 heavy (non-hydrogen) atoms. The molecule has 1 N–H and O–H groups in total. The summed E-state index contributed by atoms with van der Waals surface area (Å²) in [6, 6.07) is 0. The summed E-state index contributed by atoms with van der Waals surface area (Å²) in [5.74, 6) is 2.13. The zero-order chi connectivity index (χ0) is 12.9. The smallest absolute Gasteiger partial charge is 0.208 e. The second kappa shape index (κ2) is 6.17. The number of nitrogens with zero attached hydrogens (tertiary/aromatic N) is 1. The maximum Gasteiger partial charge on any atom is 0.208 e. The fraction of sp³-hybridized carbons (Fsp3) is 0.769. The highest BCUT2D eigenvalue weighted by molar-refractivity contribution is 4.92. The Hall–Kier alpha value is -0.870. The van der Waals surface area contributed by atoms with Gasteiger partial charge < -0.3 is 14.5 Å². The molecule has 4 heteroatoms. The molecule has 98 valence electrons. The van der Waals surface area contributed by atoms with Crippen molar-refractivity contribution in [2.75, 3.05) is 6.54 Å². The van der Waals surface area contributed by atoms with E-state index in [1.165, 1.54) is 0 Å². The van der Waals surface area contributed by atoms with Crippen molar-refractivity contribution in [1.29, 1.82) is 0 Å². The molecular formula is C13H24N2O2. The molecule has 0 spiro atoms. The summed E-state index contributed by atoms with van der Waals surface area (Å²) < 4.78 is 11.2. The summed E-state index contributed by atoms with van der Waals surface area (Å²) in [5, 5.41) is 3.29. The molecule has 0 aliphatic heterocycles. The molecule has 0 saturated carbocycles. The Labute approximate surface area is 104 Å². The van der Waals surface area contributed by atoms with Crippen molar-refractivity contribution in [1.82, 2.24) is 10.3 Å². The second-order valence-electron chi connectivity index (χ2n) is 5.65. The molecule has 0 fully saturated rings. The summed E-state index contributed by atoms with van der Waals surface area (Å²) in [7, 11) is 0. The lowest BCUT2D eigenvalue weighted by Gasteiger charge is -2.18. The molecule has 0 aliphatic rings. The largest absolute Gasteiger partial charge is 0.442 e. The first-order chi connectivity index (χ1) is 7.87. The van der Waals surface area contributed by atoms with E-state index in [1.807, 2.05) is 20.8 Å². The van der Waals surface area contributed by atoms with Crippen LogP contribution in [0.25, 0.3) is 0 Å². The maximum absolute atomic E-state index is 5.62. The van der Waals surface area contributed by atoms with E-state index >= 15 is 0 Å². The molecule has 1 aromatic heterocycles. The number of ether oxygens (including phenoxy) is 1. The van der Waals surface area contributed by atoms with E-state index < -0.39 is 0 Å². The van der Waals surface area contributed by atoms with E-state index in [2.05, 4.69) is 24.1 Å². The molecule has 0 radical (unpaired) electrons. The van der Waals surface area contributed by atoms with Crippen LogP contribution in [0.5, 0.6) is 0 Å². The van der Waals surface area contributed by atoms with Crippen LogP contribution in [-0.4, -0.2) is 17.1 Å². The third kappa shape index (κ3) is 6.44. The molecule has 0 atom stereocenters. The van der Waals surface area contributed by atoms with Crippen LogP contribution in [0.4, 0.5) is 0 Å². The Morgan fingerprint density at radius 2 is 2.12 bits per heavy atom. The number of nitrogens with one attached hydrogen (secondary N) is 1. The van der Waals surface area contributed by atoms with Crippen molar-refractivity contribution < 1.29 is 9.15 Å². The van der Waals surface area contributed by atoms with Crippen LogP contribution in [0.3, 0.4) is 0 Å². The Bertz CT molecular complexity index is 326. The summed E-state index contributed by atoms with van der Waals surface area (Å²) in [5.41, 5.74) is -0.150. The lowest BCUT2D eigenvalue weighted by atomic mass is 10.2. The normalized spacial score (nSPS) is 12.4. The van der Waals surface area contributed by atoms with Gasteiger partial charge in [-0.3, -0.25) is 0 Å². The Kier molecular flexibility index (Phi) is 5.15. The lowest BCUT2D eigenvalue weighted by molar-refractivity contribution is -0.0227. The minimum atomic E-state index is -0.150. The first-order valence-corrected chi connectivity index (χ1v) is 6.15. The average molecular weight is 240 g/mol. The predicted molar refractivity (Wildman–Crippen MR) is 67.6 cm³/mol. The van der Waals surface area contributed by atoms with Crippen molar-refractivity contribution in [2.45, 2.75) is 53.4 Å². The standard InChI is InChI=1S/C13H24N2O2/c1-10(2)6-14-8-12-15-7-11(17-12)9-16-13(3,4)5/h7,10,14H,6,8-9H2,1-5H3. The number of hydrogen-bond acceptors (Lipinski definition) is 4. The van der Waals surface area contributed by atoms with E-state index in [0.717, 1.165) is 18.2 Å². The molecule has 0 amide bonds. The average Bonchev–Trinajstić information content (AvgIpc) is 2.61. The molecule has 0 saturated heterocycles. The molecular weight excluding hydrogens is 216 g/mol. The zero-order valence-electron chi connectivity index (χ0n) is 11.5. The van der Waals surface area contributed by atoms with Gasteiger partial charge in [-0.25, -0.2) is 4.98 Å². The first kappa shape index (κ1) is 14.2. The molecule has 0 aromatic carbocycles. The Morgan fingerprint density at radius 1 is 1.41 bits per heavy atom. The molecule has 4 nitrogen and oxygen atoms in total. The van der Waals surface area contributed by atoms with E-state index in [1.54, 1.807) is 6.20 Å². The minimum Gasteiger partial charge on any atom is -0.442 e. The Balaban J connectivity index is 2.32. The molecule has 1 aromatic rings. The topological polar surface area (TPSA) is 47.3 Å². The van der Waals surface area contributed by atoms with Crippen LogP contribution in [-0.2, 0) is 17.9 Å². The van der Waals surface area contributed by atoms with Crippen molar-refractivity contribution in [3.05, 3.63) is 17.8 Å². The fourth-order valence-corrected chi connectivity index (χ4v) is 1.25. The highest BCUT2D eigenvalue weighted by Crippen LogP contribution is 2.12. The minimum absolute atomic E-state index is 0.150. The van der Waals surface area contributed by atoms with Crippen molar-refractivity contribution in [2.24, 2.45) is 5.92 Å². The zero-order valence-corrected chi connectivity index (χ0v) is 11.5. The lowest BCUT2D eigenvalue weighted by Crippen LogP contribution is -2.19. The number of oxazole rings is 1. The van der Waals surface area contributed by atoms with Crippen LogP contribution in [0.15, 0.2) is 10.6 Å². The van der Waals surface area contributed by atoms with Gasteiger partial charge >= 0.3 is 0 Å². The van der Waals surface area contributed by atoms with Gasteiger partial charge in [0.2, 0.25) is 5.89 Å². The SMILES string of the molecule is CC(C)CNCc1ncc(COC(C)(C)C)o1. The van der Waals surface area contributed by atoms with Crippen LogP contribution < -0.4 is 5.32 Å². The third-order valence-electron chi connectivity index (χ3n) is 2.08. The van der Waals surface area contributed by atoms with Crippen LogP contribution in [0.1, 0.15) is 46.3 Å². The summed E-state index contributed by atoms with van der Waals surface area (Å²) >= 11 is 0. The third-order valence-corrected chi connectivity index (χ3v) is 2.08. The van der Waals surface area contributed by atoms with Crippen molar-refractivity contribution in [3.8, 4) is 0 Å². The van der Waals surface area contributed by atoms with Crippen molar-refractivity contribution >= 4 is 0 Å². The van der Waals surface area contributed by atoms with Crippen LogP contribution in [0.2, 0.25) is 0 Å². The number of rotatable bonds is 6. The van der Waals surface area contributed by atoms with Crippen LogP contribution >= 0.6 is 0 Å². The van der Waals surface area contributed by atoms with Gasteiger partial charge in [0.1, 0.15) is 12.4 Å². The molecule has 0 unspecified atom stereocenters. The number of aromatic nitrogens is 1. The summed E-state index contributed by atoms with van der Waals surface area (Å²) in [4.78, 5) is 4.20. The Morgan fingerprint density at radius 3 is 2.71 bits per heavy atom. The van der Waals surface area contributed by atoms with Crippen molar-refractivity contribution in [3.63, 3.8) is 0 Å². The molecule has 0 aliphatic carbocycles. The summed E-state index contributed by atoms with van der Waals surface area (Å²) in [6.07, 6.45) is 1.73. The first-order valence-electron chi connectivity index (χ1n) is 6.15. The van der Waals surface area contributed by atoms with Gasteiger partial charge in [-0.1, -0.05) is 13.8 Å². The highest BCUT2D eigenvalue weighted by atomic mass is 16.5. The fourth-order valence-electron chi connectivity index (χ4n) is 1.25. The summed E-state index contributed by atoms with van der Waals surface area (Å²) in [6.45, 7) is 12.5. The quantitative estimate of drug-likeness (QED) is 0.830. The van der Waals surface area contributed by atoms with Gasteiger partial charge in [0, 0.05) is 0 Å². The molecule has 1 rings (SSSR count). The van der Waals surface area contributed by atoms with Gasteiger partial charge in [-0.2, -0.15) is 0 Å². The predicted octanol–water partition coefficient (Wildman–Crippen LogP) is 2.74. The molecule has 1 heterocycles. The maximum atomic E-state index is 5.62. The van der Waals surface area contributed by atoms with E-state index in [9.17, 15) is 0 Å². The highest BCUT2D eigenvalue weighted by Gasteiger charge is 2.12. The van der Waals surface area contributed by atoms with E-state index in [4.69, 9.17) is 9.15 Å². The van der Waals surface area contributed by atoms with Gasteiger partial charge in [-0.05, 0) is 33.2 Å².